The minimum absolute atomic E-state index is 0.0343. The SMILES string of the molecule is NC(CNC(=O)c1cc2c(s1)-c1ccccc1OC2)C1CC1. The van der Waals surface area contributed by atoms with Gasteiger partial charge >= 0.3 is 0 Å². The first-order chi connectivity index (χ1) is 10.7. The fourth-order valence-corrected chi connectivity index (χ4v) is 3.91. The van der Waals surface area contributed by atoms with Crippen LogP contribution in [0.15, 0.2) is 30.3 Å². The Bertz CT molecular complexity index is 721. The number of hydrogen-bond acceptors (Lipinski definition) is 4. The number of fused-ring (bicyclic) bond motifs is 3. The second kappa shape index (κ2) is 5.41. The van der Waals surface area contributed by atoms with Crippen LogP contribution in [0.5, 0.6) is 5.75 Å². The highest BCUT2D eigenvalue weighted by Crippen LogP contribution is 2.42. The van der Waals surface area contributed by atoms with E-state index in [1.54, 1.807) is 0 Å². The number of para-hydroxylation sites is 1. The Morgan fingerprint density at radius 1 is 1.41 bits per heavy atom. The molecule has 1 atom stereocenters. The minimum atomic E-state index is -0.0343. The Hall–Kier alpha value is -1.85. The molecule has 1 amide bonds. The first kappa shape index (κ1) is 13.8. The van der Waals surface area contributed by atoms with Crippen LogP contribution in [-0.4, -0.2) is 18.5 Å². The molecule has 1 saturated carbocycles. The first-order valence-electron chi connectivity index (χ1n) is 7.61. The lowest BCUT2D eigenvalue weighted by Crippen LogP contribution is -2.38. The molecule has 4 rings (SSSR count). The molecule has 1 aromatic carbocycles. The smallest absolute Gasteiger partial charge is 0.261 e. The van der Waals surface area contributed by atoms with Crippen LogP contribution in [0.2, 0.25) is 0 Å². The van der Waals surface area contributed by atoms with Gasteiger partial charge in [-0.05, 0) is 37.0 Å². The van der Waals surface area contributed by atoms with E-state index in [-0.39, 0.29) is 11.9 Å². The van der Waals surface area contributed by atoms with Gasteiger partial charge in [-0.25, -0.2) is 0 Å². The maximum absolute atomic E-state index is 12.3. The van der Waals surface area contributed by atoms with Crippen LogP contribution in [0.4, 0.5) is 0 Å². The van der Waals surface area contributed by atoms with Gasteiger partial charge in [-0.15, -0.1) is 11.3 Å². The van der Waals surface area contributed by atoms with Crippen LogP contribution in [0, 0.1) is 5.92 Å². The van der Waals surface area contributed by atoms with Crippen LogP contribution in [0.25, 0.3) is 10.4 Å². The molecule has 114 valence electrons. The van der Waals surface area contributed by atoms with Gasteiger partial charge in [0.25, 0.3) is 5.91 Å². The molecule has 0 spiro atoms. The average Bonchev–Trinajstić information content (AvgIpc) is 3.30. The van der Waals surface area contributed by atoms with Crippen molar-refractivity contribution in [1.82, 2.24) is 5.32 Å². The molecule has 2 aromatic rings. The predicted octanol–water partition coefficient (Wildman–Crippen LogP) is 2.77. The zero-order valence-corrected chi connectivity index (χ0v) is 13.0. The molecule has 1 aromatic heterocycles. The van der Waals surface area contributed by atoms with E-state index in [0.29, 0.717) is 19.1 Å². The third kappa shape index (κ3) is 2.51. The summed E-state index contributed by atoms with van der Waals surface area (Å²) in [6.45, 7) is 1.08. The Balaban J connectivity index is 1.52. The third-order valence-electron chi connectivity index (χ3n) is 4.27. The number of nitrogens with two attached hydrogens (primary N) is 1. The minimum Gasteiger partial charge on any atom is -0.488 e. The summed E-state index contributed by atoms with van der Waals surface area (Å²) in [4.78, 5) is 14.2. The van der Waals surface area contributed by atoms with E-state index >= 15 is 0 Å². The van der Waals surface area contributed by atoms with Crippen molar-refractivity contribution in [3.8, 4) is 16.2 Å². The van der Waals surface area contributed by atoms with Gasteiger partial charge in [0, 0.05) is 28.6 Å². The predicted molar refractivity (Wildman–Crippen MR) is 87.1 cm³/mol. The normalized spacial score (nSPS) is 17.1. The molecule has 2 aliphatic rings. The van der Waals surface area contributed by atoms with Crippen molar-refractivity contribution in [2.24, 2.45) is 11.7 Å². The topological polar surface area (TPSA) is 64.3 Å². The van der Waals surface area contributed by atoms with E-state index in [9.17, 15) is 4.79 Å². The largest absolute Gasteiger partial charge is 0.488 e. The summed E-state index contributed by atoms with van der Waals surface area (Å²) in [5.41, 5.74) is 8.19. The van der Waals surface area contributed by atoms with E-state index in [0.717, 1.165) is 26.6 Å². The van der Waals surface area contributed by atoms with Crippen LogP contribution in [-0.2, 0) is 6.61 Å². The molecule has 4 nitrogen and oxygen atoms in total. The van der Waals surface area contributed by atoms with Crippen molar-refractivity contribution < 1.29 is 9.53 Å². The lowest BCUT2D eigenvalue weighted by atomic mass is 10.1. The van der Waals surface area contributed by atoms with Crippen molar-refractivity contribution in [2.45, 2.75) is 25.5 Å². The molecule has 5 heteroatoms. The molecule has 0 bridgehead atoms. The number of amides is 1. The lowest BCUT2D eigenvalue weighted by Gasteiger charge is -2.16. The maximum atomic E-state index is 12.3. The van der Waals surface area contributed by atoms with Gasteiger partial charge in [-0.2, -0.15) is 0 Å². The Kier molecular flexibility index (Phi) is 3.39. The highest BCUT2D eigenvalue weighted by molar-refractivity contribution is 7.17. The van der Waals surface area contributed by atoms with Crippen molar-refractivity contribution in [3.05, 3.63) is 40.8 Å². The van der Waals surface area contributed by atoms with Gasteiger partial charge in [0.15, 0.2) is 0 Å². The van der Waals surface area contributed by atoms with Crippen LogP contribution < -0.4 is 15.8 Å². The van der Waals surface area contributed by atoms with Gasteiger partial charge in [-0.1, -0.05) is 12.1 Å². The zero-order valence-electron chi connectivity index (χ0n) is 12.2. The van der Waals surface area contributed by atoms with Gasteiger partial charge in [0.1, 0.15) is 12.4 Å². The average molecular weight is 314 g/mol. The Morgan fingerprint density at radius 3 is 3.05 bits per heavy atom. The number of rotatable bonds is 4. The van der Waals surface area contributed by atoms with Gasteiger partial charge in [0.2, 0.25) is 0 Å². The summed E-state index contributed by atoms with van der Waals surface area (Å²) in [6.07, 6.45) is 2.39. The highest BCUT2D eigenvalue weighted by Gasteiger charge is 2.29. The molecule has 3 N–H and O–H groups in total. The number of nitrogens with one attached hydrogen (secondary N) is 1. The number of carbonyl (C=O) groups excluding carboxylic acids is 1. The van der Waals surface area contributed by atoms with Gasteiger partial charge in [0.05, 0.1) is 4.88 Å². The molecule has 1 unspecified atom stereocenters. The maximum Gasteiger partial charge on any atom is 0.261 e. The van der Waals surface area contributed by atoms with Crippen LogP contribution >= 0.6 is 11.3 Å². The number of hydrogen-bond donors (Lipinski definition) is 2. The second-order valence-corrected chi connectivity index (χ2v) is 7.01. The lowest BCUT2D eigenvalue weighted by molar-refractivity contribution is 0.0954. The monoisotopic (exact) mass is 314 g/mol. The summed E-state index contributed by atoms with van der Waals surface area (Å²) in [5, 5.41) is 2.96. The van der Waals surface area contributed by atoms with Crippen LogP contribution in [0.1, 0.15) is 28.1 Å². The fourth-order valence-electron chi connectivity index (χ4n) is 2.80. The molecule has 22 heavy (non-hydrogen) atoms. The van der Waals surface area contributed by atoms with Crippen LogP contribution in [0.3, 0.4) is 0 Å². The zero-order chi connectivity index (χ0) is 15.1. The summed E-state index contributed by atoms with van der Waals surface area (Å²) < 4.78 is 5.74. The summed E-state index contributed by atoms with van der Waals surface area (Å²) in [6, 6.07) is 9.98. The fraction of sp³-hybridized carbons (Fsp3) is 0.353. The quantitative estimate of drug-likeness (QED) is 0.912. The molecule has 1 fully saturated rings. The second-order valence-electron chi connectivity index (χ2n) is 5.96. The highest BCUT2D eigenvalue weighted by atomic mass is 32.1. The standard InChI is InChI=1S/C17H18N2O2S/c18-13(10-5-6-10)8-19-17(20)15-7-11-9-21-14-4-2-1-3-12(14)16(11)22-15/h1-4,7,10,13H,5-6,8-9,18H2,(H,19,20). The van der Waals surface area contributed by atoms with E-state index < -0.39 is 0 Å². The van der Waals surface area contributed by atoms with E-state index in [2.05, 4.69) is 5.32 Å². The Labute approximate surface area is 133 Å². The molecule has 1 aliphatic carbocycles. The molecule has 1 aliphatic heterocycles. The molecule has 0 saturated heterocycles. The summed E-state index contributed by atoms with van der Waals surface area (Å²) in [5.74, 6) is 1.45. The molecular formula is C17H18N2O2S. The van der Waals surface area contributed by atoms with Crippen molar-refractivity contribution in [1.29, 1.82) is 0 Å². The van der Waals surface area contributed by atoms with Crippen molar-refractivity contribution >= 4 is 17.2 Å². The Morgan fingerprint density at radius 2 is 2.23 bits per heavy atom. The molecule has 2 heterocycles. The third-order valence-corrected chi connectivity index (χ3v) is 5.48. The summed E-state index contributed by atoms with van der Waals surface area (Å²) in [7, 11) is 0. The molecule has 0 radical (unpaired) electrons. The number of benzene rings is 1. The number of carbonyl (C=O) groups is 1. The first-order valence-corrected chi connectivity index (χ1v) is 8.42. The van der Waals surface area contributed by atoms with Gasteiger partial charge in [-0.3, -0.25) is 4.79 Å². The number of thiophene rings is 1. The van der Waals surface area contributed by atoms with E-state index in [4.69, 9.17) is 10.5 Å². The van der Waals surface area contributed by atoms with E-state index in [1.165, 1.54) is 24.2 Å². The molecular weight excluding hydrogens is 296 g/mol. The van der Waals surface area contributed by atoms with Crippen molar-refractivity contribution in [3.63, 3.8) is 0 Å². The van der Waals surface area contributed by atoms with E-state index in [1.807, 2.05) is 30.3 Å². The number of ether oxygens (including phenoxy) is 1. The summed E-state index contributed by atoms with van der Waals surface area (Å²) >= 11 is 1.53. The van der Waals surface area contributed by atoms with Crippen molar-refractivity contribution in [2.75, 3.05) is 6.54 Å². The van der Waals surface area contributed by atoms with Gasteiger partial charge < -0.3 is 15.8 Å².